The zero-order valence-corrected chi connectivity index (χ0v) is 16.2. The highest BCUT2D eigenvalue weighted by Crippen LogP contribution is 2.29. The molecule has 3 nitrogen and oxygen atoms in total. The molecule has 1 heterocycles. The van der Waals surface area contributed by atoms with Crippen LogP contribution in [-0.4, -0.2) is 43.7 Å². The molecule has 0 spiro atoms. The van der Waals surface area contributed by atoms with Crippen molar-refractivity contribution >= 4 is 0 Å². The summed E-state index contributed by atoms with van der Waals surface area (Å²) in [5.41, 5.74) is 1.44. The number of piperidine rings is 1. The summed E-state index contributed by atoms with van der Waals surface area (Å²) >= 11 is 0. The van der Waals surface area contributed by atoms with Crippen LogP contribution in [0, 0.1) is 5.92 Å². The third kappa shape index (κ3) is 6.10. The van der Waals surface area contributed by atoms with E-state index < -0.39 is 0 Å². The second kappa shape index (κ2) is 9.43. The van der Waals surface area contributed by atoms with Crippen LogP contribution >= 0.6 is 0 Å². The predicted molar refractivity (Wildman–Crippen MR) is 103 cm³/mol. The number of hydrogen-bond acceptors (Lipinski definition) is 3. The summed E-state index contributed by atoms with van der Waals surface area (Å²) in [7, 11) is 2.22. The fourth-order valence-electron chi connectivity index (χ4n) is 3.61. The molecule has 1 N–H and O–H groups in total. The zero-order chi connectivity index (χ0) is 17.5. The highest BCUT2D eigenvalue weighted by Gasteiger charge is 2.19. The van der Waals surface area contributed by atoms with Gasteiger partial charge in [0.15, 0.2) is 0 Å². The van der Waals surface area contributed by atoms with E-state index in [1.54, 1.807) is 0 Å². The molecule has 1 atom stereocenters. The number of benzene rings is 1. The maximum Gasteiger partial charge on any atom is 0.119 e. The summed E-state index contributed by atoms with van der Waals surface area (Å²) in [4.78, 5) is 2.43. The molecule has 1 aromatic rings. The lowest BCUT2D eigenvalue weighted by Gasteiger charge is -2.30. The van der Waals surface area contributed by atoms with Gasteiger partial charge in [-0.3, -0.25) is 0 Å². The summed E-state index contributed by atoms with van der Waals surface area (Å²) in [6.07, 6.45) is 4.00. The molecule has 1 fully saturated rings. The van der Waals surface area contributed by atoms with Crippen LogP contribution in [0.1, 0.15) is 58.4 Å². The van der Waals surface area contributed by atoms with Gasteiger partial charge in [0.05, 0.1) is 6.10 Å². The minimum absolute atomic E-state index is 0.232. The van der Waals surface area contributed by atoms with Crippen molar-refractivity contribution in [3.8, 4) is 5.75 Å². The monoisotopic (exact) mass is 332 g/mol. The van der Waals surface area contributed by atoms with Crippen molar-refractivity contribution in [1.29, 1.82) is 0 Å². The van der Waals surface area contributed by atoms with E-state index in [-0.39, 0.29) is 6.10 Å². The van der Waals surface area contributed by atoms with Gasteiger partial charge in [-0.2, -0.15) is 0 Å². The van der Waals surface area contributed by atoms with Crippen molar-refractivity contribution in [3.63, 3.8) is 0 Å². The SMILES string of the molecule is CC(C)Oc1ccc([C@@H](CCNC2CCN(C)CC2)C(C)C)cc1. The van der Waals surface area contributed by atoms with Crippen LogP contribution in [0.3, 0.4) is 0 Å². The van der Waals surface area contributed by atoms with Gasteiger partial charge in [-0.15, -0.1) is 0 Å². The lowest BCUT2D eigenvalue weighted by molar-refractivity contribution is 0.233. The molecule has 136 valence electrons. The highest BCUT2D eigenvalue weighted by molar-refractivity contribution is 5.30. The van der Waals surface area contributed by atoms with Crippen LogP contribution in [0.15, 0.2) is 24.3 Å². The standard InChI is InChI=1S/C21H36N2O/c1-16(2)21(10-13-22-19-11-14-23(5)15-12-19)18-6-8-20(9-7-18)24-17(3)4/h6-9,16-17,19,21-22H,10-15H2,1-5H3/t21-/m0/s1. The van der Waals surface area contributed by atoms with Gasteiger partial charge in [0.25, 0.3) is 0 Å². The van der Waals surface area contributed by atoms with Crippen LogP contribution in [-0.2, 0) is 0 Å². The first-order valence-corrected chi connectivity index (χ1v) is 9.64. The Balaban J connectivity index is 1.85. The van der Waals surface area contributed by atoms with E-state index in [2.05, 4.69) is 69.2 Å². The zero-order valence-electron chi connectivity index (χ0n) is 16.2. The van der Waals surface area contributed by atoms with Crippen molar-refractivity contribution in [2.75, 3.05) is 26.7 Å². The number of rotatable bonds is 8. The average molecular weight is 333 g/mol. The van der Waals surface area contributed by atoms with Gasteiger partial charge in [0.2, 0.25) is 0 Å². The summed E-state index contributed by atoms with van der Waals surface area (Å²) in [5.74, 6) is 2.23. The maximum absolute atomic E-state index is 5.76. The maximum atomic E-state index is 5.76. The average Bonchev–Trinajstić information content (AvgIpc) is 2.53. The third-order valence-electron chi connectivity index (χ3n) is 5.09. The number of hydrogen-bond donors (Lipinski definition) is 1. The Hall–Kier alpha value is -1.06. The van der Waals surface area contributed by atoms with Crippen LogP contribution in [0.5, 0.6) is 5.75 Å². The van der Waals surface area contributed by atoms with E-state index in [0.29, 0.717) is 17.9 Å². The van der Waals surface area contributed by atoms with E-state index in [9.17, 15) is 0 Å². The van der Waals surface area contributed by atoms with Gasteiger partial charge in [-0.1, -0.05) is 26.0 Å². The normalized spacial score (nSPS) is 18.3. The topological polar surface area (TPSA) is 24.5 Å². The largest absolute Gasteiger partial charge is 0.491 e. The molecular formula is C21H36N2O. The van der Waals surface area contributed by atoms with E-state index >= 15 is 0 Å². The Kier molecular flexibility index (Phi) is 7.57. The second-order valence-electron chi connectivity index (χ2n) is 7.91. The molecule has 0 bridgehead atoms. The van der Waals surface area contributed by atoms with Crippen molar-refractivity contribution in [2.24, 2.45) is 5.92 Å². The van der Waals surface area contributed by atoms with Gasteiger partial charge in [0, 0.05) is 6.04 Å². The molecule has 0 aromatic heterocycles. The first-order valence-electron chi connectivity index (χ1n) is 9.64. The molecule has 24 heavy (non-hydrogen) atoms. The Morgan fingerprint density at radius 1 is 1.08 bits per heavy atom. The number of ether oxygens (including phenoxy) is 1. The molecule has 0 saturated carbocycles. The molecular weight excluding hydrogens is 296 g/mol. The van der Waals surface area contributed by atoms with Crippen LogP contribution < -0.4 is 10.1 Å². The number of likely N-dealkylation sites (tertiary alicyclic amines) is 1. The number of nitrogens with zero attached hydrogens (tertiary/aromatic N) is 1. The molecule has 1 aliphatic rings. The van der Waals surface area contributed by atoms with Gasteiger partial charge in [0.1, 0.15) is 5.75 Å². The van der Waals surface area contributed by atoms with Crippen LogP contribution in [0.2, 0.25) is 0 Å². The second-order valence-corrected chi connectivity index (χ2v) is 7.91. The van der Waals surface area contributed by atoms with Gasteiger partial charge in [-0.05, 0) is 89.3 Å². The molecule has 0 amide bonds. The highest BCUT2D eigenvalue weighted by atomic mass is 16.5. The first-order chi connectivity index (χ1) is 11.5. The number of nitrogens with one attached hydrogen (secondary N) is 1. The molecule has 3 heteroatoms. The van der Waals surface area contributed by atoms with Gasteiger partial charge in [-0.25, -0.2) is 0 Å². The van der Waals surface area contributed by atoms with Crippen LogP contribution in [0.4, 0.5) is 0 Å². The summed E-state index contributed by atoms with van der Waals surface area (Å²) in [6.45, 7) is 12.4. The first kappa shape index (κ1) is 19.3. The third-order valence-corrected chi connectivity index (χ3v) is 5.09. The minimum atomic E-state index is 0.232. The molecule has 0 aliphatic carbocycles. The quantitative estimate of drug-likeness (QED) is 0.768. The van der Waals surface area contributed by atoms with Gasteiger partial charge < -0.3 is 15.0 Å². The lowest BCUT2D eigenvalue weighted by Crippen LogP contribution is -2.41. The van der Waals surface area contributed by atoms with Gasteiger partial charge >= 0.3 is 0 Å². The van der Waals surface area contributed by atoms with Crippen LogP contribution in [0.25, 0.3) is 0 Å². The van der Waals surface area contributed by atoms with E-state index in [0.717, 1.165) is 12.3 Å². The van der Waals surface area contributed by atoms with Crippen molar-refractivity contribution in [1.82, 2.24) is 10.2 Å². The van der Waals surface area contributed by atoms with E-state index in [1.165, 1.54) is 37.9 Å². The lowest BCUT2D eigenvalue weighted by atomic mass is 9.85. The Morgan fingerprint density at radius 3 is 2.25 bits per heavy atom. The van der Waals surface area contributed by atoms with Crippen molar-refractivity contribution < 1.29 is 4.74 Å². The Labute approximate surface area is 148 Å². The summed E-state index contributed by atoms with van der Waals surface area (Å²) < 4.78 is 5.76. The fourth-order valence-corrected chi connectivity index (χ4v) is 3.61. The molecule has 2 rings (SSSR count). The van der Waals surface area contributed by atoms with E-state index in [4.69, 9.17) is 4.74 Å². The van der Waals surface area contributed by atoms with E-state index in [1.807, 2.05) is 0 Å². The molecule has 1 saturated heterocycles. The van der Waals surface area contributed by atoms with Crippen molar-refractivity contribution in [2.45, 2.75) is 65.0 Å². The van der Waals surface area contributed by atoms with Crippen molar-refractivity contribution in [3.05, 3.63) is 29.8 Å². The molecule has 1 aliphatic heterocycles. The smallest absolute Gasteiger partial charge is 0.119 e. The summed E-state index contributed by atoms with van der Waals surface area (Å²) in [5, 5.41) is 3.78. The summed E-state index contributed by atoms with van der Waals surface area (Å²) in [6, 6.07) is 9.44. The Bertz CT molecular complexity index is 461. The minimum Gasteiger partial charge on any atom is -0.491 e. The Morgan fingerprint density at radius 2 is 1.71 bits per heavy atom. The molecule has 1 aromatic carbocycles. The fraction of sp³-hybridized carbons (Fsp3) is 0.714. The molecule has 0 radical (unpaired) electrons. The molecule has 0 unspecified atom stereocenters. The predicted octanol–water partition coefficient (Wildman–Crippen LogP) is 4.29.